The highest BCUT2D eigenvalue weighted by Gasteiger charge is 2.25. The molecule has 20 heavy (non-hydrogen) atoms. The minimum atomic E-state index is -3.40. The molecule has 1 saturated carbocycles. The summed E-state index contributed by atoms with van der Waals surface area (Å²) in [6, 6.07) is 7.54. The van der Waals surface area contributed by atoms with Gasteiger partial charge < -0.3 is 4.90 Å². The lowest BCUT2D eigenvalue weighted by molar-refractivity contribution is 0.329. The molecule has 1 aromatic carbocycles. The largest absolute Gasteiger partial charge is 0.302 e. The van der Waals surface area contributed by atoms with Gasteiger partial charge in [-0.1, -0.05) is 12.1 Å². The van der Waals surface area contributed by atoms with Crippen LogP contribution in [0.15, 0.2) is 29.2 Å². The van der Waals surface area contributed by atoms with Gasteiger partial charge in [0.05, 0.1) is 4.90 Å². The molecule has 0 aromatic heterocycles. The molecule has 112 valence electrons. The van der Waals surface area contributed by atoms with Crippen molar-refractivity contribution in [3.05, 3.63) is 29.8 Å². The van der Waals surface area contributed by atoms with Crippen molar-refractivity contribution in [2.75, 3.05) is 26.0 Å². The Morgan fingerprint density at radius 3 is 2.50 bits per heavy atom. The van der Waals surface area contributed by atoms with Gasteiger partial charge in [-0.3, -0.25) is 0 Å². The van der Waals surface area contributed by atoms with E-state index in [1.165, 1.54) is 12.8 Å². The van der Waals surface area contributed by atoms with E-state index in [2.05, 4.69) is 9.62 Å². The fourth-order valence-corrected chi connectivity index (χ4v) is 3.32. The fourth-order valence-electron chi connectivity index (χ4n) is 2.08. The molecule has 0 spiro atoms. The Hall–Kier alpha value is -0.620. The normalized spacial score (nSPS) is 15.8. The van der Waals surface area contributed by atoms with Crippen molar-refractivity contribution in [3.63, 3.8) is 0 Å². The van der Waals surface area contributed by atoms with E-state index in [0.717, 1.165) is 18.5 Å². The van der Waals surface area contributed by atoms with Crippen molar-refractivity contribution in [1.29, 1.82) is 0 Å². The van der Waals surface area contributed by atoms with E-state index in [9.17, 15) is 8.42 Å². The van der Waals surface area contributed by atoms with Crippen molar-refractivity contribution in [3.8, 4) is 0 Å². The molecule has 1 N–H and O–H groups in total. The highest BCUT2D eigenvalue weighted by molar-refractivity contribution is 7.89. The highest BCUT2D eigenvalue weighted by atomic mass is 35.5. The Bertz CT molecular complexity index is 527. The molecule has 0 unspecified atom stereocenters. The summed E-state index contributed by atoms with van der Waals surface area (Å²) in [6.45, 7) is 1.19. The second-order valence-corrected chi connectivity index (χ2v) is 7.34. The zero-order valence-electron chi connectivity index (χ0n) is 11.7. The van der Waals surface area contributed by atoms with E-state index >= 15 is 0 Å². The van der Waals surface area contributed by atoms with Crippen LogP contribution in [0.2, 0.25) is 0 Å². The van der Waals surface area contributed by atoms with Gasteiger partial charge in [-0.2, -0.15) is 0 Å². The monoisotopic (exact) mass is 316 g/mol. The average Bonchev–Trinajstić information content (AvgIpc) is 3.24. The van der Waals surface area contributed by atoms with Crippen LogP contribution in [0.25, 0.3) is 0 Å². The minimum absolute atomic E-state index is 0.310. The minimum Gasteiger partial charge on any atom is -0.302 e. The van der Waals surface area contributed by atoms with Crippen LogP contribution in [0.3, 0.4) is 0 Å². The van der Waals surface area contributed by atoms with Crippen LogP contribution >= 0.6 is 11.6 Å². The van der Waals surface area contributed by atoms with Gasteiger partial charge >= 0.3 is 0 Å². The molecule has 1 aliphatic carbocycles. The molecule has 0 amide bonds. The number of nitrogens with zero attached hydrogens (tertiary/aromatic N) is 1. The maximum atomic E-state index is 12.1. The number of sulfonamides is 1. The number of aryl methyl sites for hydroxylation is 1. The Balaban J connectivity index is 1.88. The van der Waals surface area contributed by atoms with Crippen LogP contribution in [0, 0.1) is 0 Å². The predicted molar refractivity (Wildman–Crippen MR) is 81.7 cm³/mol. The third kappa shape index (κ3) is 4.45. The van der Waals surface area contributed by atoms with Gasteiger partial charge in [0, 0.05) is 25.0 Å². The summed E-state index contributed by atoms with van der Waals surface area (Å²) < 4.78 is 26.9. The Kier molecular flexibility index (Phi) is 5.43. The Labute approximate surface area is 126 Å². The number of benzene rings is 1. The van der Waals surface area contributed by atoms with E-state index in [1.807, 2.05) is 19.2 Å². The molecular weight excluding hydrogens is 296 g/mol. The van der Waals surface area contributed by atoms with Gasteiger partial charge in [-0.15, -0.1) is 11.6 Å². The molecule has 1 aliphatic rings. The number of hydrogen-bond donors (Lipinski definition) is 1. The first-order chi connectivity index (χ1) is 9.53. The highest BCUT2D eigenvalue weighted by Crippen LogP contribution is 2.24. The van der Waals surface area contributed by atoms with Crippen LogP contribution < -0.4 is 4.72 Å². The SMILES string of the molecule is CN(CCNS(=O)(=O)c1ccc(CCCl)cc1)C1CC1. The summed E-state index contributed by atoms with van der Waals surface area (Å²) in [4.78, 5) is 2.51. The first-order valence-corrected chi connectivity index (χ1v) is 8.89. The van der Waals surface area contributed by atoms with Crippen molar-refractivity contribution in [1.82, 2.24) is 9.62 Å². The van der Waals surface area contributed by atoms with Gasteiger partial charge in [-0.25, -0.2) is 13.1 Å². The zero-order chi connectivity index (χ0) is 14.6. The summed E-state index contributed by atoms with van der Waals surface area (Å²) in [5.41, 5.74) is 1.05. The molecule has 4 nitrogen and oxygen atoms in total. The van der Waals surface area contributed by atoms with E-state index in [-0.39, 0.29) is 0 Å². The standard InChI is InChI=1S/C14H21ClN2O2S/c1-17(13-4-5-13)11-10-16-20(18,19)14-6-2-12(3-7-14)8-9-15/h2-3,6-7,13,16H,4-5,8-11H2,1H3. The van der Waals surface area contributed by atoms with Crippen molar-refractivity contribution < 1.29 is 8.42 Å². The van der Waals surface area contributed by atoms with Crippen molar-refractivity contribution >= 4 is 21.6 Å². The summed E-state index contributed by atoms with van der Waals surface area (Å²) in [6.07, 6.45) is 3.21. The molecule has 0 atom stereocenters. The molecule has 2 rings (SSSR count). The molecule has 1 aromatic rings. The second kappa shape index (κ2) is 6.89. The Morgan fingerprint density at radius 1 is 1.30 bits per heavy atom. The van der Waals surface area contributed by atoms with Crippen LogP contribution in [-0.4, -0.2) is 45.4 Å². The lowest BCUT2D eigenvalue weighted by Gasteiger charge is -2.15. The first kappa shape index (κ1) is 15.8. The third-order valence-corrected chi connectivity index (χ3v) is 5.21. The smallest absolute Gasteiger partial charge is 0.240 e. The lowest BCUT2D eigenvalue weighted by atomic mass is 10.2. The molecular formula is C14H21ClN2O2S. The van der Waals surface area contributed by atoms with Gasteiger partial charge in [0.15, 0.2) is 0 Å². The quantitative estimate of drug-likeness (QED) is 0.745. The van der Waals surface area contributed by atoms with Crippen LogP contribution in [0.1, 0.15) is 18.4 Å². The molecule has 1 fully saturated rings. The van der Waals surface area contributed by atoms with Crippen LogP contribution in [0.5, 0.6) is 0 Å². The van der Waals surface area contributed by atoms with Crippen molar-refractivity contribution in [2.24, 2.45) is 0 Å². The van der Waals surface area contributed by atoms with Gasteiger partial charge in [0.25, 0.3) is 0 Å². The van der Waals surface area contributed by atoms with E-state index in [0.29, 0.717) is 23.4 Å². The lowest BCUT2D eigenvalue weighted by Crippen LogP contribution is -2.33. The summed E-state index contributed by atoms with van der Waals surface area (Å²) >= 11 is 5.66. The third-order valence-electron chi connectivity index (χ3n) is 3.54. The van der Waals surface area contributed by atoms with Gasteiger partial charge in [-0.05, 0) is 44.0 Å². The molecule has 0 radical (unpaired) electrons. The van der Waals surface area contributed by atoms with Crippen LogP contribution in [-0.2, 0) is 16.4 Å². The van der Waals surface area contributed by atoms with Crippen molar-refractivity contribution in [2.45, 2.75) is 30.2 Å². The summed E-state index contributed by atoms with van der Waals surface area (Å²) in [5.74, 6) is 0.540. The maximum Gasteiger partial charge on any atom is 0.240 e. The summed E-state index contributed by atoms with van der Waals surface area (Å²) in [7, 11) is -1.37. The predicted octanol–water partition coefficient (Wildman–Crippen LogP) is 1.84. The topological polar surface area (TPSA) is 49.4 Å². The number of rotatable bonds is 8. The van der Waals surface area contributed by atoms with Crippen LogP contribution in [0.4, 0.5) is 0 Å². The average molecular weight is 317 g/mol. The molecule has 0 bridgehead atoms. The Morgan fingerprint density at radius 2 is 1.95 bits per heavy atom. The van der Waals surface area contributed by atoms with E-state index in [4.69, 9.17) is 11.6 Å². The summed E-state index contributed by atoms with van der Waals surface area (Å²) in [5, 5.41) is 0. The number of likely N-dealkylation sites (N-methyl/N-ethyl adjacent to an activating group) is 1. The van der Waals surface area contributed by atoms with E-state index < -0.39 is 10.0 Å². The number of hydrogen-bond acceptors (Lipinski definition) is 3. The number of alkyl halides is 1. The molecule has 0 aliphatic heterocycles. The molecule has 6 heteroatoms. The maximum absolute atomic E-state index is 12.1. The first-order valence-electron chi connectivity index (χ1n) is 6.88. The zero-order valence-corrected chi connectivity index (χ0v) is 13.3. The van der Waals surface area contributed by atoms with E-state index in [1.54, 1.807) is 12.1 Å². The number of nitrogens with one attached hydrogen (secondary N) is 1. The molecule has 0 saturated heterocycles. The van der Waals surface area contributed by atoms with Gasteiger partial charge in [0.2, 0.25) is 10.0 Å². The number of halogens is 1. The van der Waals surface area contributed by atoms with Gasteiger partial charge in [0.1, 0.15) is 0 Å². The fraction of sp³-hybridized carbons (Fsp3) is 0.571. The second-order valence-electron chi connectivity index (χ2n) is 5.19. The molecule has 0 heterocycles.